The van der Waals surface area contributed by atoms with Gasteiger partial charge in [-0.05, 0) is 38.5 Å². The van der Waals surface area contributed by atoms with Crippen molar-refractivity contribution in [1.82, 2.24) is 4.98 Å². The Bertz CT molecular complexity index is 645. The van der Waals surface area contributed by atoms with Crippen molar-refractivity contribution in [3.05, 3.63) is 35.0 Å². The number of fused-ring (bicyclic) bond motifs is 1. The fraction of sp³-hybridized carbons (Fsp3) is 0.375. The van der Waals surface area contributed by atoms with Crippen LogP contribution in [-0.2, 0) is 4.79 Å². The summed E-state index contributed by atoms with van der Waals surface area (Å²) in [6.45, 7) is 9.84. The third kappa shape index (κ3) is 2.75. The molecule has 0 fully saturated rings. The second kappa shape index (κ2) is 5.00. The van der Waals surface area contributed by atoms with Crippen molar-refractivity contribution < 1.29 is 4.79 Å². The summed E-state index contributed by atoms with van der Waals surface area (Å²) in [6, 6.07) is 6.12. The lowest BCUT2D eigenvalue weighted by Crippen LogP contribution is -2.18. The van der Waals surface area contributed by atoms with Crippen LogP contribution in [-0.4, -0.2) is 10.9 Å². The summed E-state index contributed by atoms with van der Waals surface area (Å²) in [7, 11) is 0. The van der Waals surface area contributed by atoms with Gasteiger partial charge in [-0.3, -0.25) is 9.78 Å². The number of carbonyl (C=O) groups excluding carboxylic acids is 1. The Balaban J connectivity index is 2.62. The van der Waals surface area contributed by atoms with Crippen LogP contribution in [0.25, 0.3) is 10.9 Å². The van der Waals surface area contributed by atoms with Gasteiger partial charge >= 0.3 is 0 Å². The Morgan fingerprint density at radius 2 is 1.84 bits per heavy atom. The molecule has 0 atom stereocenters. The molecule has 1 N–H and O–H groups in total. The number of aromatic nitrogens is 1. The van der Waals surface area contributed by atoms with E-state index in [2.05, 4.69) is 36.3 Å². The molecule has 0 saturated carbocycles. The van der Waals surface area contributed by atoms with Gasteiger partial charge in [-0.15, -0.1) is 0 Å². The minimum Gasteiger partial charge on any atom is -0.325 e. The van der Waals surface area contributed by atoms with Crippen LogP contribution in [0, 0.1) is 26.7 Å². The highest BCUT2D eigenvalue weighted by atomic mass is 16.1. The largest absolute Gasteiger partial charge is 0.325 e. The van der Waals surface area contributed by atoms with Crippen LogP contribution in [0.2, 0.25) is 0 Å². The van der Waals surface area contributed by atoms with Crippen molar-refractivity contribution in [2.24, 2.45) is 5.92 Å². The van der Waals surface area contributed by atoms with E-state index in [4.69, 9.17) is 0 Å². The molecule has 0 unspecified atom stereocenters. The highest BCUT2D eigenvalue weighted by molar-refractivity contribution is 6.02. The zero-order valence-electron chi connectivity index (χ0n) is 12.2. The average molecular weight is 256 g/mol. The van der Waals surface area contributed by atoms with Gasteiger partial charge in [-0.2, -0.15) is 0 Å². The second-order valence-electron chi connectivity index (χ2n) is 5.43. The Morgan fingerprint density at radius 1 is 1.16 bits per heavy atom. The van der Waals surface area contributed by atoms with E-state index in [1.807, 2.05) is 26.8 Å². The quantitative estimate of drug-likeness (QED) is 0.889. The average Bonchev–Trinajstić information content (AvgIpc) is 2.30. The van der Waals surface area contributed by atoms with Crippen LogP contribution in [0.3, 0.4) is 0 Å². The lowest BCUT2D eigenvalue weighted by molar-refractivity contribution is -0.118. The molecule has 1 aromatic heterocycles. The van der Waals surface area contributed by atoms with Crippen LogP contribution in [0.15, 0.2) is 18.2 Å². The van der Waals surface area contributed by atoms with Gasteiger partial charge in [-0.25, -0.2) is 0 Å². The number of aryl methyl sites for hydroxylation is 3. The summed E-state index contributed by atoms with van der Waals surface area (Å²) < 4.78 is 0. The van der Waals surface area contributed by atoms with Crippen molar-refractivity contribution in [3.63, 3.8) is 0 Å². The molecule has 0 aliphatic carbocycles. The number of hydrogen-bond acceptors (Lipinski definition) is 2. The summed E-state index contributed by atoms with van der Waals surface area (Å²) in [5.74, 6) is 0.000451. The highest BCUT2D eigenvalue weighted by Crippen LogP contribution is 2.27. The van der Waals surface area contributed by atoms with Crippen LogP contribution in [0.1, 0.15) is 30.7 Å². The lowest BCUT2D eigenvalue weighted by Gasteiger charge is -2.13. The van der Waals surface area contributed by atoms with Crippen LogP contribution < -0.4 is 5.32 Å². The van der Waals surface area contributed by atoms with Crippen molar-refractivity contribution in [1.29, 1.82) is 0 Å². The number of carbonyl (C=O) groups is 1. The second-order valence-corrected chi connectivity index (χ2v) is 5.43. The maximum absolute atomic E-state index is 11.9. The maximum Gasteiger partial charge on any atom is 0.226 e. The summed E-state index contributed by atoms with van der Waals surface area (Å²) in [4.78, 5) is 16.5. The molecule has 0 saturated heterocycles. The SMILES string of the molecule is Cc1cc(C)c2nc(C)cc(NC(=O)C(C)C)c2c1. The van der Waals surface area contributed by atoms with E-state index in [0.717, 1.165) is 27.8 Å². The van der Waals surface area contributed by atoms with Crippen LogP contribution in [0.5, 0.6) is 0 Å². The van der Waals surface area contributed by atoms with Gasteiger partial charge in [0.25, 0.3) is 0 Å². The fourth-order valence-corrected chi connectivity index (χ4v) is 2.19. The lowest BCUT2D eigenvalue weighted by atomic mass is 10.0. The van der Waals surface area contributed by atoms with E-state index in [0.29, 0.717) is 0 Å². The molecule has 0 aliphatic rings. The summed E-state index contributed by atoms with van der Waals surface area (Å²) in [5.41, 5.74) is 5.05. The monoisotopic (exact) mass is 256 g/mol. The van der Waals surface area contributed by atoms with Gasteiger partial charge in [-0.1, -0.05) is 25.5 Å². The van der Waals surface area contributed by atoms with Gasteiger partial charge in [0, 0.05) is 17.0 Å². The van der Waals surface area contributed by atoms with E-state index < -0.39 is 0 Å². The van der Waals surface area contributed by atoms with Crippen molar-refractivity contribution in [2.75, 3.05) is 5.32 Å². The van der Waals surface area contributed by atoms with E-state index in [1.165, 1.54) is 5.56 Å². The molecule has 1 aromatic carbocycles. The smallest absolute Gasteiger partial charge is 0.226 e. The molecule has 3 nitrogen and oxygen atoms in total. The van der Waals surface area contributed by atoms with E-state index in [1.54, 1.807) is 0 Å². The third-order valence-corrected chi connectivity index (χ3v) is 3.16. The van der Waals surface area contributed by atoms with Gasteiger partial charge < -0.3 is 5.32 Å². The predicted molar refractivity (Wildman–Crippen MR) is 79.4 cm³/mol. The minimum atomic E-state index is -0.0329. The Kier molecular flexibility index (Phi) is 3.56. The van der Waals surface area contributed by atoms with Crippen LogP contribution in [0.4, 0.5) is 5.69 Å². The van der Waals surface area contributed by atoms with Crippen LogP contribution >= 0.6 is 0 Å². The molecule has 0 aliphatic heterocycles. The molecule has 100 valence electrons. The number of amides is 1. The normalized spacial score (nSPS) is 11.1. The molecular weight excluding hydrogens is 236 g/mol. The molecule has 0 radical (unpaired) electrons. The summed E-state index contributed by atoms with van der Waals surface area (Å²) in [5, 5.41) is 4.01. The molecule has 2 aromatic rings. The first-order valence-corrected chi connectivity index (χ1v) is 6.58. The van der Waals surface area contributed by atoms with Crippen molar-refractivity contribution >= 4 is 22.5 Å². The van der Waals surface area contributed by atoms with E-state index >= 15 is 0 Å². The number of hydrogen-bond donors (Lipinski definition) is 1. The first kappa shape index (κ1) is 13.5. The number of nitrogens with one attached hydrogen (secondary N) is 1. The molecule has 3 heteroatoms. The zero-order valence-corrected chi connectivity index (χ0v) is 12.2. The first-order valence-electron chi connectivity index (χ1n) is 6.58. The number of benzene rings is 1. The molecule has 1 heterocycles. The molecule has 1 amide bonds. The maximum atomic E-state index is 11.9. The first-order chi connectivity index (χ1) is 8.88. The molecule has 0 bridgehead atoms. The van der Waals surface area contributed by atoms with Crippen molar-refractivity contribution in [2.45, 2.75) is 34.6 Å². The Morgan fingerprint density at radius 3 is 2.47 bits per heavy atom. The van der Waals surface area contributed by atoms with E-state index in [-0.39, 0.29) is 11.8 Å². The summed E-state index contributed by atoms with van der Waals surface area (Å²) >= 11 is 0. The standard InChI is InChI=1S/C16H20N2O/c1-9(2)16(19)18-14-8-12(5)17-15-11(4)6-10(3)7-13(14)15/h6-9H,1-5H3,(H,17,18,19). The molecule has 0 spiro atoms. The van der Waals surface area contributed by atoms with Gasteiger partial charge in [0.15, 0.2) is 0 Å². The number of nitrogens with zero attached hydrogens (tertiary/aromatic N) is 1. The van der Waals surface area contributed by atoms with Gasteiger partial charge in [0.05, 0.1) is 11.2 Å². The van der Waals surface area contributed by atoms with E-state index in [9.17, 15) is 4.79 Å². The van der Waals surface area contributed by atoms with Crippen molar-refractivity contribution in [3.8, 4) is 0 Å². The zero-order chi connectivity index (χ0) is 14.2. The molecule has 2 rings (SSSR count). The third-order valence-electron chi connectivity index (χ3n) is 3.16. The summed E-state index contributed by atoms with van der Waals surface area (Å²) in [6.07, 6.45) is 0. The van der Waals surface area contributed by atoms with Gasteiger partial charge in [0.2, 0.25) is 5.91 Å². The highest BCUT2D eigenvalue weighted by Gasteiger charge is 2.12. The Labute approximate surface area is 114 Å². The topological polar surface area (TPSA) is 42.0 Å². The minimum absolute atomic E-state index is 0.0329. The Hall–Kier alpha value is -1.90. The molecular formula is C16H20N2O. The molecule has 19 heavy (non-hydrogen) atoms. The fourth-order valence-electron chi connectivity index (χ4n) is 2.19. The number of anilines is 1. The predicted octanol–water partition coefficient (Wildman–Crippen LogP) is 3.75. The van der Waals surface area contributed by atoms with Gasteiger partial charge in [0.1, 0.15) is 0 Å². The number of rotatable bonds is 2. The number of pyridine rings is 1.